The molecule has 2 aromatic heterocycles. The van der Waals surface area contributed by atoms with Gasteiger partial charge in [-0.1, -0.05) is 18.2 Å². The van der Waals surface area contributed by atoms with Gasteiger partial charge in [0, 0.05) is 30.7 Å². The smallest absolute Gasteiger partial charge is 0.0832 e. The van der Waals surface area contributed by atoms with Gasteiger partial charge >= 0.3 is 0 Å². The fourth-order valence-electron chi connectivity index (χ4n) is 2.71. The Morgan fingerprint density at radius 1 is 1.24 bits per heavy atom. The van der Waals surface area contributed by atoms with Gasteiger partial charge in [0.05, 0.1) is 17.3 Å². The van der Waals surface area contributed by atoms with Crippen molar-refractivity contribution in [1.29, 1.82) is 0 Å². The highest BCUT2D eigenvalue weighted by molar-refractivity contribution is 5.78. The van der Waals surface area contributed by atoms with E-state index in [0.29, 0.717) is 6.42 Å². The average molecular weight is 281 g/mol. The number of aryl methyl sites for hydroxylation is 2. The van der Waals surface area contributed by atoms with Crippen LogP contribution in [0.25, 0.3) is 10.9 Å². The highest BCUT2D eigenvalue weighted by atomic mass is 16.3. The molecule has 1 unspecified atom stereocenters. The summed E-state index contributed by atoms with van der Waals surface area (Å²) in [6, 6.07) is 9.87. The second-order valence-corrected chi connectivity index (χ2v) is 5.45. The number of rotatable bonds is 3. The Morgan fingerprint density at radius 2 is 2.05 bits per heavy atom. The number of hydrogen-bond donors (Lipinski definition) is 1. The highest BCUT2D eigenvalue weighted by Crippen LogP contribution is 2.24. The summed E-state index contributed by atoms with van der Waals surface area (Å²) in [6.07, 6.45) is 1.80. The van der Waals surface area contributed by atoms with Crippen molar-refractivity contribution < 1.29 is 5.11 Å². The van der Waals surface area contributed by atoms with E-state index in [1.807, 2.05) is 55.9 Å². The van der Waals surface area contributed by atoms with E-state index < -0.39 is 6.10 Å². The first-order valence-electron chi connectivity index (χ1n) is 7.08. The van der Waals surface area contributed by atoms with Gasteiger partial charge in [-0.2, -0.15) is 5.10 Å². The SMILES string of the molecule is Cc1nn(C)c(C)c1CC(O)c1ccc2cccnc2c1. The molecule has 4 nitrogen and oxygen atoms in total. The lowest BCUT2D eigenvalue weighted by Gasteiger charge is -2.12. The van der Waals surface area contributed by atoms with Crippen LogP contribution in [0.4, 0.5) is 0 Å². The van der Waals surface area contributed by atoms with E-state index in [-0.39, 0.29) is 0 Å². The third-order valence-electron chi connectivity index (χ3n) is 4.07. The van der Waals surface area contributed by atoms with Gasteiger partial charge in [-0.05, 0) is 37.1 Å². The third-order valence-corrected chi connectivity index (χ3v) is 4.07. The van der Waals surface area contributed by atoms with Crippen molar-refractivity contribution in [2.24, 2.45) is 7.05 Å². The van der Waals surface area contributed by atoms with Gasteiger partial charge in [-0.15, -0.1) is 0 Å². The second-order valence-electron chi connectivity index (χ2n) is 5.45. The van der Waals surface area contributed by atoms with Crippen molar-refractivity contribution in [3.8, 4) is 0 Å². The van der Waals surface area contributed by atoms with Crippen LogP contribution < -0.4 is 0 Å². The monoisotopic (exact) mass is 281 g/mol. The normalized spacial score (nSPS) is 12.8. The molecule has 0 aliphatic carbocycles. The Balaban J connectivity index is 1.91. The van der Waals surface area contributed by atoms with E-state index in [4.69, 9.17) is 0 Å². The molecule has 108 valence electrons. The lowest BCUT2D eigenvalue weighted by atomic mass is 9.99. The van der Waals surface area contributed by atoms with Crippen LogP contribution in [0.2, 0.25) is 0 Å². The van der Waals surface area contributed by atoms with Crippen LogP contribution >= 0.6 is 0 Å². The van der Waals surface area contributed by atoms with Gasteiger partial charge in [-0.3, -0.25) is 9.67 Å². The molecule has 1 aromatic carbocycles. The van der Waals surface area contributed by atoms with Crippen LogP contribution in [0.3, 0.4) is 0 Å². The summed E-state index contributed by atoms with van der Waals surface area (Å²) < 4.78 is 1.86. The number of aromatic nitrogens is 3. The maximum Gasteiger partial charge on any atom is 0.0832 e. The number of hydrogen-bond acceptors (Lipinski definition) is 3. The predicted octanol–water partition coefficient (Wildman–Crippen LogP) is 2.86. The molecule has 0 fully saturated rings. The molecule has 0 radical (unpaired) electrons. The lowest BCUT2D eigenvalue weighted by Crippen LogP contribution is -2.04. The Hall–Kier alpha value is -2.20. The molecule has 21 heavy (non-hydrogen) atoms. The van der Waals surface area contributed by atoms with Gasteiger partial charge in [0.25, 0.3) is 0 Å². The molecule has 2 heterocycles. The Morgan fingerprint density at radius 3 is 2.76 bits per heavy atom. The number of benzene rings is 1. The molecule has 0 aliphatic rings. The Kier molecular flexibility index (Phi) is 3.47. The summed E-state index contributed by atoms with van der Waals surface area (Å²) in [6.45, 7) is 4.01. The zero-order chi connectivity index (χ0) is 15.0. The van der Waals surface area contributed by atoms with E-state index in [9.17, 15) is 5.11 Å². The topological polar surface area (TPSA) is 50.9 Å². The first kappa shape index (κ1) is 13.8. The molecule has 4 heteroatoms. The minimum Gasteiger partial charge on any atom is -0.388 e. The Labute approximate surface area is 124 Å². The van der Waals surface area contributed by atoms with E-state index in [2.05, 4.69) is 10.1 Å². The van der Waals surface area contributed by atoms with Gasteiger partial charge in [0.2, 0.25) is 0 Å². The second kappa shape index (κ2) is 5.30. The van der Waals surface area contributed by atoms with Gasteiger partial charge in [0.1, 0.15) is 0 Å². The molecule has 0 saturated heterocycles. The molecule has 0 bridgehead atoms. The van der Waals surface area contributed by atoms with Crippen LogP contribution in [0, 0.1) is 13.8 Å². The molecule has 3 rings (SSSR count). The molecule has 0 saturated carbocycles. The fourth-order valence-corrected chi connectivity index (χ4v) is 2.71. The van der Waals surface area contributed by atoms with Crippen molar-refractivity contribution in [2.75, 3.05) is 0 Å². The minimum atomic E-state index is -0.544. The summed E-state index contributed by atoms with van der Waals surface area (Å²) in [4.78, 5) is 4.34. The third kappa shape index (κ3) is 2.54. The molecule has 1 N–H and O–H groups in total. The molecular formula is C17H19N3O. The standard InChI is InChI=1S/C17H19N3O/c1-11-15(12(2)20(3)19-11)10-17(21)14-7-6-13-5-4-8-18-16(13)9-14/h4-9,17,21H,10H2,1-3H3. The van der Waals surface area contributed by atoms with Crippen LogP contribution in [0.15, 0.2) is 36.5 Å². The average Bonchev–Trinajstić information content (AvgIpc) is 2.73. The van der Waals surface area contributed by atoms with E-state index >= 15 is 0 Å². The zero-order valence-electron chi connectivity index (χ0n) is 12.5. The molecule has 0 aliphatic heterocycles. The number of nitrogens with zero attached hydrogens (tertiary/aromatic N) is 3. The quantitative estimate of drug-likeness (QED) is 0.803. The number of pyridine rings is 1. The van der Waals surface area contributed by atoms with Gasteiger partial charge in [-0.25, -0.2) is 0 Å². The van der Waals surface area contributed by atoms with Crippen molar-refractivity contribution in [2.45, 2.75) is 26.4 Å². The van der Waals surface area contributed by atoms with Crippen molar-refractivity contribution in [3.05, 3.63) is 59.0 Å². The van der Waals surface area contributed by atoms with Gasteiger partial charge < -0.3 is 5.11 Å². The van der Waals surface area contributed by atoms with E-state index in [1.165, 1.54) is 0 Å². The number of aliphatic hydroxyl groups excluding tert-OH is 1. The van der Waals surface area contributed by atoms with Crippen LogP contribution in [-0.4, -0.2) is 19.9 Å². The summed E-state index contributed by atoms with van der Waals surface area (Å²) >= 11 is 0. The summed E-state index contributed by atoms with van der Waals surface area (Å²) in [5.41, 5.74) is 5.00. The maximum absolute atomic E-state index is 10.5. The molecule has 0 amide bonds. The van der Waals surface area contributed by atoms with Gasteiger partial charge in [0.15, 0.2) is 0 Å². The lowest BCUT2D eigenvalue weighted by molar-refractivity contribution is 0.178. The molecule has 0 spiro atoms. The van der Waals surface area contributed by atoms with E-state index in [0.717, 1.165) is 33.4 Å². The van der Waals surface area contributed by atoms with Crippen LogP contribution in [0.5, 0.6) is 0 Å². The molecule has 3 aromatic rings. The van der Waals surface area contributed by atoms with Crippen molar-refractivity contribution in [1.82, 2.24) is 14.8 Å². The molecular weight excluding hydrogens is 262 g/mol. The summed E-state index contributed by atoms with van der Waals surface area (Å²) in [5, 5.41) is 16.0. The highest BCUT2D eigenvalue weighted by Gasteiger charge is 2.16. The summed E-state index contributed by atoms with van der Waals surface area (Å²) in [5.74, 6) is 0. The Bertz CT molecular complexity index is 792. The largest absolute Gasteiger partial charge is 0.388 e. The first-order valence-corrected chi connectivity index (χ1v) is 7.08. The number of aliphatic hydroxyl groups is 1. The minimum absolute atomic E-state index is 0.544. The van der Waals surface area contributed by atoms with E-state index in [1.54, 1.807) is 6.20 Å². The maximum atomic E-state index is 10.5. The molecule has 1 atom stereocenters. The van der Waals surface area contributed by atoms with Crippen molar-refractivity contribution in [3.63, 3.8) is 0 Å². The van der Waals surface area contributed by atoms with Crippen LogP contribution in [0.1, 0.15) is 28.6 Å². The summed E-state index contributed by atoms with van der Waals surface area (Å²) in [7, 11) is 1.93. The predicted molar refractivity (Wildman–Crippen MR) is 83.1 cm³/mol. The first-order chi connectivity index (χ1) is 10.1. The number of fused-ring (bicyclic) bond motifs is 1. The zero-order valence-corrected chi connectivity index (χ0v) is 12.5. The van der Waals surface area contributed by atoms with Crippen molar-refractivity contribution >= 4 is 10.9 Å². The van der Waals surface area contributed by atoms with Crippen LogP contribution in [-0.2, 0) is 13.5 Å². The fraction of sp³-hybridized carbons (Fsp3) is 0.294.